The molecule has 5 rings (SSSR count). The second kappa shape index (κ2) is 10.3. The summed E-state index contributed by atoms with van der Waals surface area (Å²) >= 11 is 0. The number of carbonyl (C=O) groups excluding carboxylic acids is 2. The molecule has 0 saturated heterocycles. The van der Waals surface area contributed by atoms with E-state index < -0.39 is 6.10 Å². The van der Waals surface area contributed by atoms with E-state index in [0.29, 0.717) is 24.1 Å². The number of pyridine rings is 1. The molecule has 0 bridgehead atoms. The molecule has 2 amide bonds. The molecule has 2 atom stereocenters. The molecule has 1 aromatic carbocycles. The van der Waals surface area contributed by atoms with Gasteiger partial charge in [0.2, 0.25) is 0 Å². The van der Waals surface area contributed by atoms with Gasteiger partial charge < -0.3 is 15.7 Å². The molecule has 3 N–H and O–H groups in total. The van der Waals surface area contributed by atoms with Crippen molar-refractivity contribution in [3.05, 3.63) is 89.5 Å². The van der Waals surface area contributed by atoms with E-state index >= 15 is 0 Å². The van der Waals surface area contributed by atoms with Crippen molar-refractivity contribution < 1.29 is 14.7 Å². The lowest BCUT2D eigenvalue weighted by molar-refractivity contribution is 0.0712. The third-order valence-electron chi connectivity index (χ3n) is 6.83. The lowest BCUT2D eigenvalue weighted by Crippen LogP contribution is -2.45. The molecule has 0 aliphatic heterocycles. The van der Waals surface area contributed by atoms with E-state index in [1.807, 2.05) is 48.8 Å². The molecule has 4 aromatic rings. The highest BCUT2D eigenvalue weighted by atomic mass is 16.3. The van der Waals surface area contributed by atoms with E-state index in [1.54, 1.807) is 29.9 Å². The number of amides is 2. The maximum atomic E-state index is 13.1. The Morgan fingerprint density at radius 1 is 1.06 bits per heavy atom. The number of rotatable bonds is 6. The first-order valence-electron chi connectivity index (χ1n) is 12.2. The van der Waals surface area contributed by atoms with Gasteiger partial charge in [-0.1, -0.05) is 25.0 Å². The molecular formula is C28H29N5O3. The summed E-state index contributed by atoms with van der Waals surface area (Å²) < 4.78 is 1.72. The van der Waals surface area contributed by atoms with Crippen molar-refractivity contribution >= 4 is 17.3 Å². The third-order valence-corrected chi connectivity index (χ3v) is 6.83. The van der Waals surface area contributed by atoms with Gasteiger partial charge in [0.05, 0.1) is 17.7 Å². The number of benzene rings is 1. The zero-order valence-electron chi connectivity index (χ0n) is 20.1. The first kappa shape index (κ1) is 23.7. The van der Waals surface area contributed by atoms with Crippen LogP contribution in [0.5, 0.6) is 0 Å². The summed E-state index contributed by atoms with van der Waals surface area (Å²) in [5, 5.41) is 20.4. The third kappa shape index (κ3) is 4.85. The summed E-state index contributed by atoms with van der Waals surface area (Å²) in [5.74, 6) is -0.413. The molecule has 1 fully saturated rings. The molecule has 0 unspecified atom stereocenters. The summed E-state index contributed by atoms with van der Waals surface area (Å²) in [4.78, 5) is 29.4. The van der Waals surface area contributed by atoms with E-state index in [1.165, 1.54) is 0 Å². The first-order valence-corrected chi connectivity index (χ1v) is 12.2. The van der Waals surface area contributed by atoms with Gasteiger partial charge in [-0.2, -0.15) is 5.10 Å². The Bertz CT molecular complexity index is 1400. The van der Waals surface area contributed by atoms with E-state index in [2.05, 4.69) is 20.7 Å². The molecule has 1 aliphatic carbocycles. The van der Waals surface area contributed by atoms with E-state index in [4.69, 9.17) is 0 Å². The van der Waals surface area contributed by atoms with Crippen LogP contribution in [0.25, 0.3) is 16.6 Å². The van der Waals surface area contributed by atoms with Crippen molar-refractivity contribution in [1.82, 2.24) is 25.2 Å². The van der Waals surface area contributed by atoms with Gasteiger partial charge in [-0.15, -0.1) is 0 Å². The van der Waals surface area contributed by atoms with Crippen molar-refractivity contribution in [3.8, 4) is 11.1 Å². The summed E-state index contributed by atoms with van der Waals surface area (Å²) in [6.45, 7) is 0. The number of hydrogen-bond donors (Lipinski definition) is 3. The Labute approximate surface area is 209 Å². The van der Waals surface area contributed by atoms with Crippen LogP contribution in [0.15, 0.2) is 67.1 Å². The Morgan fingerprint density at radius 3 is 2.64 bits per heavy atom. The molecule has 1 aliphatic rings. The van der Waals surface area contributed by atoms with Gasteiger partial charge in [0.1, 0.15) is 5.69 Å². The number of nitrogens with zero attached hydrogens (tertiary/aromatic N) is 3. The molecule has 0 spiro atoms. The topological polar surface area (TPSA) is 109 Å². The van der Waals surface area contributed by atoms with Crippen LogP contribution in [0.1, 0.15) is 57.7 Å². The average Bonchev–Trinajstić information content (AvgIpc) is 3.39. The Balaban J connectivity index is 1.45. The van der Waals surface area contributed by atoms with Crippen molar-refractivity contribution in [1.29, 1.82) is 0 Å². The van der Waals surface area contributed by atoms with Crippen LogP contribution in [0.4, 0.5) is 0 Å². The molecule has 1 saturated carbocycles. The van der Waals surface area contributed by atoms with Gasteiger partial charge in [0.25, 0.3) is 11.8 Å². The Morgan fingerprint density at radius 2 is 1.86 bits per heavy atom. The van der Waals surface area contributed by atoms with Crippen LogP contribution in [0, 0.1) is 0 Å². The molecule has 3 heterocycles. The number of carbonyl (C=O) groups is 2. The van der Waals surface area contributed by atoms with Crippen molar-refractivity contribution in [3.63, 3.8) is 0 Å². The van der Waals surface area contributed by atoms with Crippen molar-refractivity contribution in [2.45, 2.75) is 44.2 Å². The summed E-state index contributed by atoms with van der Waals surface area (Å²) in [6, 6.07) is 14.9. The summed E-state index contributed by atoms with van der Waals surface area (Å²) in [7, 11) is 1.61. The zero-order valence-corrected chi connectivity index (χ0v) is 20.1. The maximum absolute atomic E-state index is 13.1. The van der Waals surface area contributed by atoms with Gasteiger partial charge in [-0.3, -0.25) is 14.6 Å². The number of aliphatic hydroxyl groups is 1. The van der Waals surface area contributed by atoms with Gasteiger partial charge in [-0.05, 0) is 71.5 Å². The quantitative estimate of drug-likeness (QED) is 0.390. The molecule has 8 nitrogen and oxygen atoms in total. The van der Waals surface area contributed by atoms with Crippen LogP contribution in [0.3, 0.4) is 0 Å². The predicted octanol–water partition coefficient (Wildman–Crippen LogP) is 3.38. The van der Waals surface area contributed by atoms with Crippen LogP contribution in [0.2, 0.25) is 0 Å². The number of aromatic nitrogens is 3. The number of fused-ring (bicyclic) bond motifs is 1. The van der Waals surface area contributed by atoms with Crippen LogP contribution in [-0.2, 0) is 6.42 Å². The number of aliphatic hydroxyl groups excluding tert-OH is 1. The van der Waals surface area contributed by atoms with E-state index in [0.717, 1.165) is 47.0 Å². The first-order chi connectivity index (χ1) is 17.5. The fraction of sp³-hybridized carbons (Fsp3) is 0.286. The second-order valence-electron chi connectivity index (χ2n) is 9.19. The van der Waals surface area contributed by atoms with Crippen LogP contribution < -0.4 is 10.6 Å². The van der Waals surface area contributed by atoms with E-state index in [9.17, 15) is 14.7 Å². The normalized spacial score (nSPS) is 17.6. The van der Waals surface area contributed by atoms with Crippen LogP contribution in [-0.4, -0.2) is 50.7 Å². The van der Waals surface area contributed by atoms with Gasteiger partial charge in [-0.25, -0.2) is 4.52 Å². The average molecular weight is 484 g/mol. The Kier molecular flexibility index (Phi) is 6.77. The lowest BCUT2D eigenvalue weighted by Gasteiger charge is -2.28. The minimum absolute atomic E-state index is 0.129. The smallest absolute Gasteiger partial charge is 0.272 e. The molecular weight excluding hydrogens is 454 g/mol. The molecule has 3 aromatic heterocycles. The minimum atomic E-state index is -0.523. The standard InChI is InChI=1S/C28H29N5O3/c1-29-27(35)19-10-8-18(9-11-19)22-12-13-30-17-21(22)15-20-16-24(32-33-14-4-6-25(20)33)28(36)31-23-5-2-3-7-26(23)34/h4,6,8-14,16-17,23,26,34H,2-3,5,7,15H2,1H3,(H,29,35)(H,31,36)/t23-,26-/m0/s1. The van der Waals surface area contributed by atoms with Crippen molar-refractivity contribution in [2.75, 3.05) is 7.05 Å². The van der Waals surface area contributed by atoms with E-state index in [-0.39, 0.29) is 17.9 Å². The highest BCUT2D eigenvalue weighted by molar-refractivity contribution is 5.94. The fourth-order valence-corrected chi connectivity index (χ4v) is 4.87. The van der Waals surface area contributed by atoms with Gasteiger partial charge in [0, 0.05) is 37.6 Å². The molecule has 0 radical (unpaired) electrons. The largest absolute Gasteiger partial charge is 0.391 e. The number of nitrogens with one attached hydrogen (secondary N) is 2. The summed E-state index contributed by atoms with van der Waals surface area (Å²) in [6.07, 6.45) is 8.87. The highest BCUT2D eigenvalue weighted by Gasteiger charge is 2.26. The second-order valence-corrected chi connectivity index (χ2v) is 9.19. The van der Waals surface area contributed by atoms with Gasteiger partial charge >= 0.3 is 0 Å². The Hall–Kier alpha value is -4.04. The fourth-order valence-electron chi connectivity index (χ4n) is 4.87. The van der Waals surface area contributed by atoms with Crippen LogP contribution >= 0.6 is 0 Å². The zero-order chi connectivity index (χ0) is 25.1. The maximum Gasteiger partial charge on any atom is 0.272 e. The summed E-state index contributed by atoms with van der Waals surface area (Å²) in [5.41, 5.74) is 5.74. The van der Waals surface area contributed by atoms with Gasteiger partial charge in [0.15, 0.2) is 0 Å². The molecule has 184 valence electrons. The highest BCUT2D eigenvalue weighted by Crippen LogP contribution is 2.27. The monoisotopic (exact) mass is 483 g/mol. The number of hydrogen-bond acceptors (Lipinski definition) is 5. The predicted molar refractivity (Wildman–Crippen MR) is 137 cm³/mol. The minimum Gasteiger partial charge on any atom is -0.391 e. The molecule has 36 heavy (non-hydrogen) atoms. The molecule has 8 heteroatoms. The lowest BCUT2D eigenvalue weighted by atomic mass is 9.92. The van der Waals surface area contributed by atoms with Crippen molar-refractivity contribution in [2.24, 2.45) is 0 Å². The SMILES string of the molecule is CNC(=O)c1ccc(-c2ccncc2Cc2cc(C(=O)N[C@H]3CCCC[C@@H]3O)nn3cccc23)cc1.